The Morgan fingerprint density at radius 1 is 0.750 bits per heavy atom. The summed E-state index contributed by atoms with van der Waals surface area (Å²) in [5, 5.41) is 0. The molecule has 0 aliphatic rings. The average molecular weight is 374 g/mol. The second kappa shape index (κ2) is 8.05. The van der Waals surface area contributed by atoms with E-state index in [1.54, 1.807) is 14.2 Å². The van der Waals surface area contributed by atoms with Gasteiger partial charge in [0.2, 0.25) is 0 Å². The van der Waals surface area contributed by atoms with Crippen molar-refractivity contribution in [1.29, 1.82) is 0 Å². The molecule has 0 aliphatic heterocycles. The van der Waals surface area contributed by atoms with Gasteiger partial charge in [-0.15, -0.1) is 0 Å². The van der Waals surface area contributed by atoms with Gasteiger partial charge in [0, 0.05) is 5.56 Å². The number of methoxy groups -OCH3 is 2. The summed E-state index contributed by atoms with van der Waals surface area (Å²) in [6.45, 7) is 1.23. The topological polar surface area (TPSA) is 45.5 Å². The van der Waals surface area contributed by atoms with Gasteiger partial charge in [-0.25, -0.2) is 4.98 Å². The minimum atomic E-state index is 0.538. The van der Waals surface area contributed by atoms with E-state index in [-0.39, 0.29) is 0 Å². The first-order chi connectivity index (χ1) is 13.8. The third kappa shape index (κ3) is 3.64. The summed E-state index contributed by atoms with van der Waals surface area (Å²) in [4.78, 5) is 4.84. The molecule has 4 aromatic rings. The third-order valence-electron chi connectivity index (χ3n) is 4.65. The minimum absolute atomic E-state index is 0.538. The van der Waals surface area contributed by atoms with Crippen LogP contribution in [-0.4, -0.2) is 30.4 Å². The average Bonchev–Trinajstić information content (AvgIpc) is 3.13. The minimum Gasteiger partial charge on any atom is -0.497 e. The second-order valence-corrected chi connectivity index (χ2v) is 6.33. The maximum absolute atomic E-state index is 5.93. The van der Waals surface area contributed by atoms with Gasteiger partial charge in [0.05, 0.1) is 31.8 Å². The number of para-hydroxylation sites is 2. The van der Waals surface area contributed by atoms with Gasteiger partial charge in [-0.3, -0.25) is 0 Å². The SMILES string of the molecule is COc1ccc(OCCn2c(-c3ccc(OC)cc3)nc3ccccc32)cc1. The predicted molar refractivity (Wildman–Crippen MR) is 110 cm³/mol. The summed E-state index contributed by atoms with van der Waals surface area (Å²) in [7, 11) is 3.32. The molecule has 0 N–H and O–H groups in total. The molecule has 4 rings (SSSR count). The van der Waals surface area contributed by atoms with Crippen LogP contribution in [0.3, 0.4) is 0 Å². The van der Waals surface area contributed by atoms with Crippen molar-refractivity contribution in [3.05, 3.63) is 72.8 Å². The van der Waals surface area contributed by atoms with Gasteiger partial charge in [0.15, 0.2) is 0 Å². The molecule has 0 saturated carbocycles. The van der Waals surface area contributed by atoms with E-state index in [0.29, 0.717) is 13.2 Å². The van der Waals surface area contributed by atoms with Crippen LogP contribution in [0.1, 0.15) is 0 Å². The Morgan fingerprint density at radius 3 is 2.04 bits per heavy atom. The molecule has 0 atom stereocenters. The molecule has 0 bridgehead atoms. The number of ether oxygens (including phenoxy) is 3. The Hall–Kier alpha value is -3.47. The van der Waals surface area contributed by atoms with Crippen molar-refractivity contribution < 1.29 is 14.2 Å². The van der Waals surface area contributed by atoms with Crippen LogP contribution in [0.4, 0.5) is 0 Å². The highest BCUT2D eigenvalue weighted by Crippen LogP contribution is 2.26. The summed E-state index contributed by atoms with van der Waals surface area (Å²) in [5.41, 5.74) is 3.10. The molecule has 5 nitrogen and oxygen atoms in total. The molecule has 28 heavy (non-hydrogen) atoms. The number of hydrogen-bond acceptors (Lipinski definition) is 4. The number of benzene rings is 3. The molecule has 3 aromatic carbocycles. The molecular formula is C23H22N2O3. The normalized spacial score (nSPS) is 10.8. The highest BCUT2D eigenvalue weighted by molar-refractivity contribution is 5.80. The first-order valence-corrected chi connectivity index (χ1v) is 9.15. The van der Waals surface area contributed by atoms with E-state index < -0.39 is 0 Å². The first kappa shape index (κ1) is 17.9. The predicted octanol–water partition coefficient (Wildman–Crippen LogP) is 4.80. The van der Waals surface area contributed by atoms with Crippen molar-refractivity contribution in [2.24, 2.45) is 0 Å². The largest absolute Gasteiger partial charge is 0.497 e. The number of imidazole rings is 1. The van der Waals surface area contributed by atoms with Crippen molar-refractivity contribution in [2.45, 2.75) is 6.54 Å². The highest BCUT2D eigenvalue weighted by atomic mass is 16.5. The lowest BCUT2D eigenvalue weighted by molar-refractivity contribution is 0.300. The lowest BCUT2D eigenvalue weighted by Crippen LogP contribution is -2.09. The fourth-order valence-corrected chi connectivity index (χ4v) is 3.19. The summed E-state index contributed by atoms with van der Waals surface area (Å²) >= 11 is 0. The van der Waals surface area contributed by atoms with Gasteiger partial charge in [0.1, 0.15) is 29.7 Å². The molecule has 0 unspecified atom stereocenters. The monoisotopic (exact) mass is 374 g/mol. The lowest BCUT2D eigenvalue weighted by atomic mass is 10.2. The summed E-state index contributed by atoms with van der Waals surface area (Å²) in [6.07, 6.45) is 0. The maximum Gasteiger partial charge on any atom is 0.141 e. The Kier molecular flexibility index (Phi) is 5.15. The Bertz CT molecular complexity index is 1050. The highest BCUT2D eigenvalue weighted by Gasteiger charge is 2.12. The molecule has 0 amide bonds. The number of aromatic nitrogens is 2. The zero-order valence-corrected chi connectivity index (χ0v) is 16.0. The van der Waals surface area contributed by atoms with E-state index in [1.807, 2.05) is 66.7 Å². The molecule has 0 spiro atoms. The van der Waals surface area contributed by atoms with Crippen LogP contribution in [0.2, 0.25) is 0 Å². The smallest absolute Gasteiger partial charge is 0.141 e. The van der Waals surface area contributed by atoms with Gasteiger partial charge >= 0.3 is 0 Å². The Balaban J connectivity index is 1.59. The molecule has 1 heterocycles. The standard InChI is InChI=1S/C23H22N2O3/c1-26-18-9-7-17(8-10-18)23-24-21-5-3-4-6-22(21)25(23)15-16-28-20-13-11-19(27-2)12-14-20/h3-14H,15-16H2,1-2H3. The van der Waals surface area contributed by atoms with Crippen LogP contribution in [0, 0.1) is 0 Å². The van der Waals surface area contributed by atoms with Crippen molar-refractivity contribution >= 4 is 11.0 Å². The van der Waals surface area contributed by atoms with Gasteiger partial charge in [-0.05, 0) is 60.7 Å². The quantitative estimate of drug-likeness (QED) is 0.466. The molecule has 5 heteroatoms. The van der Waals surface area contributed by atoms with E-state index in [1.165, 1.54) is 0 Å². The molecule has 0 radical (unpaired) electrons. The Morgan fingerprint density at radius 2 is 1.36 bits per heavy atom. The van der Waals surface area contributed by atoms with Crippen molar-refractivity contribution in [3.63, 3.8) is 0 Å². The summed E-state index contributed by atoms with van der Waals surface area (Å²) < 4.78 is 18.6. The first-order valence-electron chi connectivity index (χ1n) is 9.15. The number of nitrogens with zero attached hydrogens (tertiary/aromatic N) is 2. The molecule has 142 valence electrons. The zero-order valence-electron chi connectivity index (χ0n) is 16.0. The maximum atomic E-state index is 5.93. The van der Waals surface area contributed by atoms with Crippen LogP contribution in [0.15, 0.2) is 72.8 Å². The third-order valence-corrected chi connectivity index (χ3v) is 4.65. The number of rotatable bonds is 7. The molecule has 0 aliphatic carbocycles. The van der Waals surface area contributed by atoms with Crippen molar-refractivity contribution in [1.82, 2.24) is 9.55 Å². The van der Waals surface area contributed by atoms with E-state index in [0.717, 1.165) is 39.7 Å². The second-order valence-electron chi connectivity index (χ2n) is 6.33. The lowest BCUT2D eigenvalue weighted by Gasteiger charge is -2.11. The fraction of sp³-hybridized carbons (Fsp3) is 0.174. The van der Waals surface area contributed by atoms with Gasteiger partial charge in [0.25, 0.3) is 0 Å². The van der Waals surface area contributed by atoms with E-state index in [4.69, 9.17) is 19.2 Å². The van der Waals surface area contributed by atoms with Crippen LogP contribution in [-0.2, 0) is 6.54 Å². The zero-order chi connectivity index (χ0) is 19.3. The summed E-state index contributed by atoms with van der Waals surface area (Å²) in [6, 6.07) is 23.7. The van der Waals surface area contributed by atoms with Crippen LogP contribution < -0.4 is 14.2 Å². The van der Waals surface area contributed by atoms with Crippen molar-refractivity contribution in [2.75, 3.05) is 20.8 Å². The Labute approximate surface area is 164 Å². The fourth-order valence-electron chi connectivity index (χ4n) is 3.19. The van der Waals surface area contributed by atoms with Crippen LogP contribution in [0.5, 0.6) is 17.2 Å². The van der Waals surface area contributed by atoms with Crippen LogP contribution >= 0.6 is 0 Å². The van der Waals surface area contributed by atoms with Gasteiger partial charge < -0.3 is 18.8 Å². The molecular weight excluding hydrogens is 352 g/mol. The van der Waals surface area contributed by atoms with E-state index >= 15 is 0 Å². The number of hydrogen-bond donors (Lipinski definition) is 0. The van der Waals surface area contributed by atoms with E-state index in [2.05, 4.69) is 10.6 Å². The number of fused-ring (bicyclic) bond motifs is 1. The van der Waals surface area contributed by atoms with Crippen LogP contribution in [0.25, 0.3) is 22.4 Å². The molecule has 0 fully saturated rings. The molecule has 1 aromatic heterocycles. The summed E-state index contributed by atoms with van der Waals surface area (Å²) in [5.74, 6) is 3.38. The van der Waals surface area contributed by atoms with Gasteiger partial charge in [-0.2, -0.15) is 0 Å². The van der Waals surface area contributed by atoms with Crippen molar-refractivity contribution in [3.8, 4) is 28.6 Å². The van der Waals surface area contributed by atoms with Gasteiger partial charge in [-0.1, -0.05) is 12.1 Å². The molecule has 0 saturated heterocycles. The van der Waals surface area contributed by atoms with E-state index in [9.17, 15) is 0 Å².